The molecule has 0 bridgehead atoms. The first-order valence-corrected chi connectivity index (χ1v) is 13.5. The van der Waals surface area contributed by atoms with E-state index in [1.807, 2.05) is 23.5 Å². The molecular weight excluding hydrogens is 478 g/mol. The van der Waals surface area contributed by atoms with Crippen LogP contribution in [0.1, 0.15) is 5.56 Å². The van der Waals surface area contributed by atoms with Crippen molar-refractivity contribution in [2.24, 2.45) is 0 Å². The Bertz CT molecular complexity index is 1480. The molecule has 2 nitrogen and oxygen atoms in total. The average Bonchev–Trinajstić information content (AvgIpc) is 2.93. The van der Waals surface area contributed by atoms with Crippen LogP contribution in [0.25, 0.3) is 11.1 Å². The molecule has 0 aromatic heterocycles. The van der Waals surface area contributed by atoms with Crippen molar-refractivity contribution in [3.05, 3.63) is 121 Å². The Hall–Kier alpha value is -3.60. The van der Waals surface area contributed by atoms with Gasteiger partial charge in [-0.2, -0.15) is 0 Å². The number of rotatable bonds is 5. The maximum atomic E-state index is 5.86. The highest BCUT2D eigenvalue weighted by Gasteiger charge is 2.24. The largest absolute Gasteiger partial charge is 0.496 e. The van der Waals surface area contributed by atoms with Crippen molar-refractivity contribution in [2.45, 2.75) is 26.5 Å². The van der Waals surface area contributed by atoms with E-state index in [-0.39, 0.29) is 0 Å². The second kappa shape index (κ2) is 9.81. The molecule has 6 rings (SSSR count). The monoisotopic (exact) mass is 503 g/mol. The van der Waals surface area contributed by atoms with Gasteiger partial charge in [0, 0.05) is 42.2 Å². The summed E-state index contributed by atoms with van der Waals surface area (Å²) >= 11 is 3.68. The highest BCUT2D eigenvalue weighted by molar-refractivity contribution is 8.05. The number of benzene rings is 5. The standard InChI is InChI=1S/C32H25NOS2/c1-22-13-19-28-30(21-22)36-32-29(35-28)20-18-27(34-2)31(32)23-14-16-26(17-15-23)33(24-9-5-3-6-10-24)25-11-7-4-8-12-25/h3-21H,1-2H3. The highest BCUT2D eigenvalue weighted by Crippen LogP contribution is 2.54. The summed E-state index contributed by atoms with van der Waals surface area (Å²) in [4.78, 5) is 7.42. The number of anilines is 3. The van der Waals surface area contributed by atoms with Crippen LogP contribution in [0.15, 0.2) is 135 Å². The summed E-state index contributed by atoms with van der Waals surface area (Å²) in [5, 5.41) is 0. The molecule has 176 valence electrons. The Balaban J connectivity index is 1.43. The predicted octanol–water partition coefficient (Wildman–Crippen LogP) is 9.76. The van der Waals surface area contributed by atoms with E-state index in [1.165, 1.54) is 25.1 Å². The molecule has 0 saturated carbocycles. The van der Waals surface area contributed by atoms with E-state index < -0.39 is 0 Å². The van der Waals surface area contributed by atoms with Crippen LogP contribution < -0.4 is 9.64 Å². The average molecular weight is 504 g/mol. The van der Waals surface area contributed by atoms with Gasteiger partial charge in [-0.25, -0.2) is 0 Å². The number of ether oxygens (including phenoxy) is 1. The maximum absolute atomic E-state index is 5.86. The summed E-state index contributed by atoms with van der Waals surface area (Å²) < 4.78 is 5.86. The molecular formula is C32H25NOS2. The van der Waals surface area contributed by atoms with Crippen molar-refractivity contribution in [1.29, 1.82) is 0 Å². The van der Waals surface area contributed by atoms with Gasteiger partial charge in [0.2, 0.25) is 0 Å². The minimum absolute atomic E-state index is 0.897. The quantitative estimate of drug-likeness (QED) is 0.232. The third-order valence-corrected chi connectivity index (χ3v) is 8.86. The van der Waals surface area contributed by atoms with Gasteiger partial charge in [-0.05, 0) is 78.7 Å². The fraction of sp³-hybridized carbons (Fsp3) is 0.0625. The Labute approximate surface area is 221 Å². The van der Waals surface area contributed by atoms with Crippen molar-refractivity contribution in [3.8, 4) is 16.9 Å². The molecule has 5 aromatic rings. The van der Waals surface area contributed by atoms with Gasteiger partial charge in [-0.3, -0.25) is 0 Å². The molecule has 0 N–H and O–H groups in total. The number of methoxy groups -OCH3 is 1. The summed E-state index contributed by atoms with van der Waals surface area (Å²) in [6, 6.07) is 40.8. The topological polar surface area (TPSA) is 12.5 Å². The molecule has 1 heterocycles. The molecule has 1 aliphatic heterocycles. The van der Waals surface area contributed by atoms with Gasteiger partial charge in [0.1, 0.15) is 5.75 Å². The number of nitrogens with zero attached hydrogens (tertiary/aromatic N) is 1. The Kier molecular flexibility index (Phi) is 6.22. The lowest BCUT2D eigenvalue weighted by Crippen LogP contribution is -2.09. The molecule has 0 saturated heterocycles. The van der Waals surface area contributed by atoms with Gasteiger partial charge in [0.15, 0.2) is 0 Å². The van der Waals surface area contributed by atoms with Crippen LogP contribution in [0.2, 0.25) is 0 Å². The first kappa shape index (κ1) is 22.8. The summed E-state index contributed by atoms with van der Waals surface area (Å²) in [5.74, 6) is 0.897. The van der Waals surface area contributed by atoms with Crippen molar-refractivity contribution >= 4 is 40.6 Å². The third-order valence-electron chi connectivity index (χ3n) is 6.28. The van der Waals surface area contributed by atoms with E-state index >= 15 is 0 Å². The molecule has 0 aliphatic carbocycles. The summed E-state index contributed by atoms with van der Waals surface area (Å²) in [5.41, 5.74) is 6.95. The van der Waals surface area contributed by atoms with Crippen LogP contribution in [0.5, 0.6) is 5.75 Å². The van der Waals surface area contributed by atoms with Gasteiger partial charge >= 0.3 is 0 Å². The zero-order chi connectivity index (χ0) is 24.5. The molecule has 5 aromatic carbocycles. The molecule has 1 aliphatic rings. The van der Waals surface area contributed by atoms with Crippen molar-refractivity contribution < 1.29 is 4.74 Å². The number of aryl methyl sites for hydroxylation is 1. The smallest absolute Gasteiger partial charge is 0.127 e. The Morgan fingerprint density at radius 3 is 1.83 bits per heavy atom. The lowest BCUT2D eigenvalue weighted by atomic mass is 10.0. The fourth-order valence-corrected chi connectivity index (χ4v) is 7.04. The SMILES string of the molecule is COc1ccc2c(c1-c1ccc(N(c3ccccc3)c3ccccc3)cc1)Sc1cc(C)ccc1S2. The van der Waals surface area contributed by atoms with E-state index in [1.54, 1.807) is 7.11 Å². The molecule has 0 amide bonds. The maximum Gasteiger partial charge on any atom is 0.127 e. The van der Waals surface area contributed by atoms with Gasteiger partial charge in [0.25, 0.3) is 0 Å². The zero-order valence-electron chi connectivity index (χ0n) is 20.1. The number of para-hydroxylation sites is 2. The molecule has 4 heteroatoms. The normalized spacial score (nSPS) is 11.9. The van der Waals surface area contributed by atoms with Gasteiger partial charge < -0.3 is 9.64 Å². The van der Waals surface area contributed by atoms with Gasteiger partial charge in [-0.15, -0.1) is 0 Å². The molecule has 0 unspecified atom stereocenters. The molecule has 0 radical (unpaired) electrons. The van der Waals surface area contributed by atoms with Crippen LogP contribution in [0.4, 0.5) is 17.1 Å². The first-order valence-electron chi connectivity index (χ1n) is 11.9. The Morgan fingerprint density at radius 2 is 1.19 bits per heavy atom. The van der Waals surface area contributed by atoms with E-state index in [0.717, 1.165) is 33.9 Å². The second-order valence-electron chi connectivity index (χ2n) is 8.68. The minimum Gasteiger partial charge on any atom is -0.496 e. The fourth-order valence-electron chi connectivity index (χ4n) is 4.56. The summed E-state index contributed by atoms with van der Waals surface area (Å²) in [6.45, 7) is 2.15. The highest BCUT2D eigenvalue weighted by atomic mass is 32.2. The summed E-state index contributed by atoms with van der Waals surface area (Å²) in [7, 11) is 1.75. The van der Waals surface area contributed by atoms with Crippen molar-refractivity contribution in [3.63, 3.8) is 0 Å². The van der Waals surface area contributed by atoms with Crippen LogP contribution in [0, 0.1) is 6.92 Å². The van der Waals surface area contributed by atoms with E-state index in [0.29, 0.717) is 0 Å². The van der Waals surface area contributed by atoms with Crippen LogP contribution >= 0.6 is 23.5 Å². The van der Waals surface area contributed by atoms with Crippen LogP contribution in [-0.4, -0.2) is 7.11 Å². The molecule has 36 heavy (non-hydrogen) atoms. The number of hydrogen-bond acceptors (Lipinski definition) is 4. The zero-order valence-corrected chi connectivity index (χ0v) is 21.8. The van der Waals surface area contributed by atoms with E-state index in [9.17, 15) is 0 Å². The third kappa shape index (κ3) is 4.28. The first-order chi connectivity index (χ1) is 17.7. The lowest BCUT2D eigenvalue weighted by molar-refractivity contribution is 0.415. The van der Waals surface area contributed by atoms with Crippen LogP contribution in [0.3, 0.4) is 0 Å². The minimum atomic E-state index is 0.897. The van der Waals surface area contributed by atoms with Gasteiger partial charge in [-0.1, -0.05) is 78.1 Å². The molecule has 0 atom stereocenters. The van der Waals surface area contributed by atoms with Crippen LogP contribution in [-0.2, 0) is 0 Å². The second-order valence-corrected chi connectivity index (χ2v) is 10.8. The lowest BCUT2D eigenvalue weighted by Gasteiger charge is -2.26. The van der Waals surface area contributed by atoms with Crippen molar-refractivity contribution in [2.75, 3.05) is 12.0 Å². The number of hydrogen-bond donors (Lipinski definition) is 0. The van der Waals surface area contributed by atoms with Gasteiger partial charge in [0.05, 0.1) is 7.11 Å². The Morgan fingerprint density at radius 1 is 0.583 bits per heavy atom. The predicted molar refractivity (Wildman–Crippen MR) is 153 cm³/mol. The van der Waals surface area contributed by atoms with E-state index in [4.69, 9.17) is 4.74 Å². The molecule has 0 fully saturated rings. The van der Waals surface area contributed by atoms with E-state index in [2.05, 4.69) is 127 Å². The van der Waals surface area contributed by atoms with Crippen molar-refractivity contribution in [1.82, 2.24) is 0 Å². The number of fused-ring (bicyclic) bond motifs is 2. The molecule has 0 spiro atoms. The summed E-state index contributed by atoms with van der Waals surface area (Å²) in [6.07, 6.45) is 0.